The van der Waals surface area contributed by atoms with Gasteiger partial charge in [0.05, 0.1) is 18.3 Å². The smallest absolute Gasteiger partial charge is 0.0700 e. The van der Waals surface area contributed by atoms with Gasteiger partial charge in [-0.05, 0) is 19.0 Å². The lowest BCUT2D eigenvalue weighted by molar-refractivity contribution is 0.274. The minimum atomic E-state index is 0.0847. The molecule has 2 N–H and O–H groups in total. The largest absolute Gasteiger partial charge is 0.392 e. The Kier molecular flexibility index (Phi) is 2.06. The molecule has 0 spiro atoms. The second-order valence-corrected chi connectivity index (χ2v) is 3.00. The fourth-order valence-electron chi connectivity index (χ4n) is 1.42. The Bertz CT molecular complexity index is 271. The summed E-state index contributed by atoms with van der Waals surface area (Å²) in [5.41, 5.74) is 1.95. The second-order valence-electron chi connectivity index (χ2n) is 3.00. The number of hydrogen-bond donors (Lipinski definition) is 2. The number of nitrogens with zero attached hydrogens (tertiary/aromatic N) is 1. The summed E-state index contributed by atoms with van der Waals surface area (Å²) in [7, 11) is 0. The van der Waals surface area contributed by atoms with Crippen LogP contribution in [-0.4, -0.2) is 16.6 Å². The molecular weight excluding hydrogens is 152 g/mol. The second kappa shape index (κ2) is 3.21. The Hall–Kier alpha value is -0.930. The van der Waals surface area contributed by atoms with E-state index in [0.717, 1.165) is 24.2 Å². The molecule has 1 aromatic rings. The Balaban J connectivity index is 2.27. The van der Waals surface area contributed by atoms with Crippen LogP contribution in [0, 0.1) is 0 Å². The molecule has 2 rings (SSSR count). The molecule has 0 bridgehead atoms. The summed E-state index contributed by atoms with van der Waals surface area (Å²) in [4.78, 5) is 4.25. The fraction of sp³-hybridized carbons (Fsp3) is 0.444. The predicted molar refractivity (Wildman–Crippen MR) is 45.5 cm³/mol. The Morgan fingerprint density at radius 3 is 3.08 bits per heavy atom. The van der Waals surface area contributed by atoms with Crippen LogP contribution in [0.15, 0.2) is 18.3 Å². The van der Waals surface area contributed by atoms with Crippen LogP contribution in [0.25, 0.3) is 0 Å². The lowest BCUT2D eigenvalue weighted by Crippen LogP contribution is -2.36. The quantitative estimate of drug-likeness (QED) is 0.673. The van der Waals surface area contributed by atoms with Crippen molar-refractivity contribution >= 4 is 0 Å². The maximum atomic E-state index is 9.02. The summed E-state index contributed by atoms with van der Waals surface area (Å²) in [6, 6.07) is 4.14. The van der Waals surface area contributed by atoms with Crippen LogP contribution in [0.3, 0.4) is 0 Å². The molecule has 1 aliphatic heterocycles. The monoisotopic (exact) mass is 164 g/mol. The summed E-state index contributed by atoms with van der Waals surface area (Å²) in [6.07, 6.45) is 2.90. The van der Waals surface area contributed by atoms with Crippen LogP contribution in [0.5, 0.6) is 0 Å². The average molecular weight is 164 g/mol. The van der Waals surface area contributed by atoms with Crippen molar-refractivity contribution in [3.63, 3.8) is 0 Å². The van der Waals surface area contributed by atoms with E-state index >= 15 is 0 Å². The minimum absolute atomic E-state index is 0.0847. The van der Waals surface area contributed by atoms with E-state index in [1.165, 1.54) is 0 Å². The molecule has 12 heavy (non-hydrogen) atoms. The van der Waals surface area contributed by atoms with Gasteiger partial charge in [0.25, 0.3) is 0 Å². The number of pyridine rings is 1. The van der Waals surface area contributed by atoms with E-state index in [-0.39, 0.29) is 6.61 Å². The van der Waals surface area contributed by atoms with Crippen molar-refractivity contribution in [2.24, 2.45) is 0 Å². The van der Waals surface area contributed by atoms with Gasteiger partial charge in [-0.3, -0.25) is 4.98 Å². The highest BCUT2D eigenvalue weighted by Crippen LogP contribution is 2.23. The van der Waals surface area contributed by atoms with Crippen LogP contribution in [-0.2, 0) is 6.61 Å². The third-order valence-electron chi connectivity index (χ3n) is 2.25. The molecule has 0 radical (unpaired) electrons. The van der Waals surface area contributed by atoms with Gasteiger partial charge >= 0.3 is 0 Å². The Morgan fingerprint density at radius 2 is 2.50 bits per heavy atom. The molecule has 0 aliphatic carbocycles. The number of aliphatic hydroxyl groups excluding tert-OH is 1. The molecule has 1 atom stereocenters. The van der Waals surface area contributed by atoms with Crippen molar-refractivity contribution in [3.05, 3.63) is 29.6 Å². The molecule has 1 fully saturated rings. The van der Waals surface area contributed by atoms with E-state index in [2.05, 4.69) is 10.3 Å². The third-order valence-corrected chi connectivity index (χ3v) is 2.25. The zero-order valence-electron chi connectivity index (χ0n) is 6.83. The van der Waals surface area contributed by atoms with Gasteiger partial charge in [-0.2, -0.15) is 0 Å². The summed E-state index contributed by atoms with van der Waals surface area (Å²) < 4.78 is 0. The lowest BCUT2D eigenvalue weighted by Gasteiger charge is -2.28. The number of hydrogen-bond acceptors (Lipinski definition) is 3. The van der Waals surface area contributed by atoms with E-state index in [1.807, 2.05) is 12.1 Å². The van der Waals surface area contributed by atoms with E-state index in [4.69, 9.17) is 5.11 Å². The minimum Gasteiger partial charge on any atom is -0.392 e. The standard InChI is InChI=1S/C9H12N2O/c12-6-7-2-1-4-11-9(7)8-3-5-10-8/h1-2,4,8,10,12H,3,5-6H2/t8-/m0/s1. The van der Waals surface area contributed by atoms with Crippen LogP contribution in [0.1, 0.15) is 23.7 Å². The van der Waals surface area contributed by atoms with Crippen molar-refractivity contribution in [2.75, 3.05) is 6.54 Å². The predicted octanol–water partition coefficient (Wildman–Crippen LogP) is 0.608. The molecule has 2 heterocycles. The van der Waals surface area contributed by atoms with Crippen molar-refractivity contribution in [1.29, 1.82) is 0 Å². The van der Waals surface area contributed by atoms with Gasteiger partial charge in [0.2, 0.25) is 0 Å². The summed E-state index contributed by atoms with van der Waals surface area (Å²) in [5, 5.41) is 12.3. The zero-order valence-corrected chi connectivity index (χ0v) is 6.83. The average Bonchev–Trinajstić information content (AvgIpc) is 2.02. The van der Waals surface area contributed by atoms with Crippen molar-refractivity contribution in [3.8, 4) is 0 Å². The number of nitrogens with one attached hydrogen (secondary N) is 1. The molecule has 1 aliphatic rings. The maximum Gasteiger partial charge on any atom is 0.0700 e. The summed E-state index contributed by atoms with van der Waals surface area (Å²) >= 11 is 0. The first-order valence-electron chi connectivity index (χ1n) is 4.20. The van der Waals surface area contributed by atoms with Crippen LogP contribution >= 0.6 is 0 Å². The molecule has 0 saturated carbocycles. The van der Waals surface area contributed by atoms with Gasteiger partial charge in [-0.15, -0.1) is 0 Å². The maximum absolute atomic E-state index is 9.02. The fourth-order valence-corrected chi connectivity index (χ4v) is 1.42. The number of aliphatic hydroxyl groups is 1. The summed E-state index contributed by atoms with van der Waals surface area (Å²) in [5.74, 6) is 0. The molecule has 64 valence electrons. The van der Waals surface area contributed by atoms with Gasteiger partial charge in [-0.1, -0.05) is 6.07 Å². The topological polar surface area (TPSA) is 45.2 Å². The Morgan fingerprint density at radius 1 is 1.67 bits per heavy atom. The molecule has 0 aromatic carbocycles. The van der Waals surface area contributed by atoms with E-state index in [1.54, 1.807) is 6.20 Å². The van der Waals surface area contributed by atoms with Crippen LogP contribution in [0.4, 0.5) is 0 Å². The summed E-state index contributed by atoms with van der Waals surface area (Å²) in [6.45, 7) is 1.15. The van der Waals surface area contributed by atoms with E-state index in [0.29, 0.717) is 6.04 Å². The molecule has 1 saturated heterocycles. The number of rotatable bonds is 2. The first-order valence-corrected chi connectivity index (χ1v) is 4.20. The van der Waals surface area contributed by atoms with Crippen LogP contribution < -0.4 is 5.32 Å². The first kappa shape index (κ1) is 7.71. The van der Waals surface area contributed by atoms with Crippen molar-refractivity contribution in [2.45, 2.75) is 19.1 Å². The van der Waals surface area contributed by atoms with Gasteiger partial charge in [0.15, 0.2) is 0 Å². The van der Waals surface area contributed by atoms with Crippen molar-refractivity contribution in [1.82, 2.24) is 10.3 Å². The molecular formula is C9H12N2O. The Labute approximate surface area is 71.4 Å². The highest BCUT2D eigenvalue weighted by atomic mass is 16.3. The molecule has 1 aromatic heterocycles. The molecule has 3 heteroatoms. The van der Waals surface area contributed by atoms with Gasteiger partial charge in [0.1, 0.15) is 0 Å². The molecule has 0 amide bonds. The number of aromatic nitrogens is 1. The highest BCUT2D eigenvalue weighted by molar-refractivity contribution is 5.23. The third kappa shape index (κ3) is 1.21. The highest BCUT2D eigenvalue weighted by Gasteiger charge is 2.21. The van der Waals surface area contributed by atoms with Gasteiger partial charge in [-0.25, -0.2) is 0 Å². The molecule has 3 nitrogen and oxygen atoms in total. The SMILES string of the molecule is OCc1cccnc1[C@@H]1CCN1. The van der Waals surface area contributed by atoms with E-state index < -0.39 is 0 Å². The molecule has 0 unspecified atom stereocenters. The van der Waals surface area contributed by atoms with Gasteiger partial charge in [0, 0.05) is 11.8 Å². The first-order chi connectivity index (χ1) is 5.92. The van der Waals surface area contributed by atoms with E-state index in [9.17, 15) is 0 Å². The van der Waals surface area contributed by atoms with Crippen LogP contribution in [0.2, 0.25) is 0 Å². The zero-order chi connectivity index (χ0) is 8.39. The lowest BCUT2D eigenvalue weighted by atomic mass is 9.99. The van der Waals surface area contributed by atoms with Crippen molar-refractivity contribution < 1.29 is 5.11 Å². The van der Waals surface area contributed by atoms with Gasteiger partial charge < -0.3 is 10.4 Å². The normalized spacial score (nSPS) is 21.9.